The smallest absolute Gasteiger partial charge is 0.408 e. The monoisotopic (exact) mass is 459 g/mol. The lowest BCUT2D eigenvalue weighted by atomic mass is 10.0. The number of nitrogens with two attached hydrogens (primary N) is 1. The highest BCUT2D eigenvalue weighted by molar-refractivity contribution is 7.19. The van der Waals surface area contributed by atoms with Crippen molar-refractivity contribution < 1.29 is 17.6 Å². The van der Waals surface area contributed by atoms with E-state index in [4.69, 9.17) is 10.2 Å². The molecule has 0 saturated carbocycles. The predicted molar refractivity (Wildman–Crippen MR) is 114 cm³/mol. The summed E-state index contributed by atoms with van der Waals surface area (Å²) in [5.41, 5.74) is 7.91. The van der Waals surface area contributed by atoms with Crippen LogP contribution in [0.1, 0.15) is 16.8 Å². The first-order valence-corrected chi connectivity index (χ1v) is 10.2. The second kappa shape index (κ2) is 8.49. The number of anilines is 1. The van der Waals surface area contributed by atoms with E-state index in [0.717, 1.165) is 12.1 Å². The summed E-state index contributed by atoms with van der Waals surface area (Å²) >= 11 is 1.25. The van der Waals surface area contributed by atoms with Gasteiger partial charge in [-0.15, -0.1) is 0 Å². The first-order valence-electron chi connectivity index (χ1n) is 9.42. The number of hydrogen-bond acceptors (Lipinski definition) is 7. The number of halogens is 3. The number of benzene rings is 2. The van der Waals surface area contributed by atoms with Crippen LogP contribution in [-0.4, -0.2) is 22.6 Å². The number of nitriles is 1. The van der Waals surface area contributed by atoms with Crippen LogP contribution in [0.5, 0.6) is 0 Å². The summed E-state index contributed by atoms with van der Waals surface area (Å²) in [5.74, 6) is -0.564. The van der Waals surface area contributed by atoms with Gasteiger partial charge in [0.1, 0.15) is 6.07 Å². The molecule has 4 aromatic rings. The standard InChI is InChI=1S/C21H16F3N5O2S/c22-21(23,24)13-4-1-11(2-5-13)7-14(26)10-27-19-28-16(9-25)18(32-19)12-3-6-15-17(8-12)31-20(30)29-15/h1-6,8,14H,7,10,26H2,(H,27,28)(H,29,30)/t14-/m0/s1. The van der Waals surface area contributed by atoms with E-state index in [9.17, 15) is 23.2 Å². The second-order valence-electron chi connectivity index (χ2n) is 7.07. The van der Waals surface area contributed by atoms with Crippen LogP contribution in [0.15, 0.2) is 51.7 Å². The molecule has 4 N–H and O–H groups in total. The molecule has 0 saturated heterocycles. The predicted octanol–water partition coefficient (Wildman–Crippen LogP) is 4.12. The zero-order chi connectivity index (χ0) is 22.9. The first-order chi connectivity index (χ1) is 15.2. The quantitative estimate of drug-likeness (QED) is 0.399. The van der Waals surface area contributed by atoms with E-state index < -0.39 is 17.5 Å². The van der Waals surface area contributed by atoms with Gasteiger partial charge < -0.3 is 15.5 Å². The topological polar surface area (TPSA) is 121 Å². The molecule has 0 amide bonds. The number of nitrogens with zero attached hydrogens (tertiary/aromatic N) is 2. The Morgan fingerprint density at radius 3 is 2.69 bits per heavy atom. The van der Waals surface area contributed by atoms with E-state index in [-0.39, 0.29) is 11.7 Å². The molecule has 7 nitrogen and oxygen atoms in total. The molecule has 2 aromatic heterocycles. The number of hydrogen-bond donors (Lipinski definition) is 3. The van der Waals surface area contributed by atoms with E-state index in [1.54, 1.807) is 18.2 Å². The normalized spacial score (nSPS) is 12.6. The molecule has 164 valence electrons. The molecule has 0 radical (unpaired) electrons. The van der Waals surface area contributed by atoms with E-state index >= 15 is 0 Å². The van der Waals surface area contributed by atoms with Gasteiger partial charge in [-0.2, -0.15) is 18.4 Å². The minimum absolute atomic E-state index is 0.214. The summed E-state index contributed by atoms with van der Waals surface area (Å²) < 4.78 is 43.1. The number of thiazole rings is 1. The van der Waals surface area contributed by atoms with E-state index in [2.05, 4.69) is 15.3 Å². The summed E-state index contributed by atoms with van der Waals surface area (Å²) in [7, 11) is 0. The van der Waals surface area contributed by atoms with Crippen molar-refractivity contribution in [2.75, 3.05) is 11.9 Å². The zero-order valence-corrected chi connectivity index (χ0v) is 17.2. The van der Waals surface area contributed by atoms with E-state index in [1.165, 1.54) is 23.5 Å². The van der Waals surface area contributed by atoms with Crippen molar-refractivity contribution in [1.82, 2.24) is 9.97 Å². The van der Waals surface area contributed by atoms with Crippen LogP contribution >= 0.6 is 11.3 Å². The number of aromatic amines is 1. The van der Waals surface area contributed by atoms with Gasteiger partial charge in [-0.05, 0) is 41.8 Å². The Morgan fingerprint density at radius 1 is 1.25 bits per heavy atom. The summed E-state index contributed by atoms with van der Waals surface area (Å²) in [6.07, 6.45) is -4.00. The molecule has 11 heteroatoms. The fraction of sp³-hybridized carbons (Fsp3) is 0.190. The van der Waals surface area contributed by atoms with E-state index in [0.29, 0.717) is 45.2 Å². The average Bonchev–Trinajstić information content (AvgIpc) is 3.33. The molecule has 1 atom stereocenters. The minimum Gasteiger partial charge on any atom is -0.408 e. The van der Waals surface area contributed by atoms with Crippen LogP contribution in [0.4, 0.5) is 18.3 Å². The maximum absolute atomic E-state index is 12.7. The number of nitrogens with one attached hydrogen (secondary N) is 2. The number of aromatic nitrogens is 2. The molecular weight excluding hydrogens is 443 g/mol. The fourth-order valence-electron chi connectivity index (χ4n) is 3.18. The van der Waals surface area contributed by atoms with Gasteiger partial charge in [-0.25, -0.2) is 9.78 Å². The zero-order valence-electron chi connectivity index (χ0n) is 16.4. The molecule has 2 aromatic carbocycles. The molecule has 0 unspecified atom stereocenters. The van der Waals surface area contributed by atoms with Crippen molar-refractivity contribution in [3.63, 3.8) is 0 Å². The number of oxazole rings is 1. The van der Waals surface area contributed by atoms with Gasteiger partial charge in [-0.1, -0.05) is 29.5 Å². The van der Waals surface area contributed by atoms with Crippen LogP contribution in [0, 0.1) is 11.3 Å². The number of H-pyrrole nitrogens is 1. The number of fused-ring (bicyclic) bond motifs is 1. The Morgan fingerprint density at radius 2 is 2.00 bits per heavy atom. The molecular formula is C21H16F3N5O2S. The van der Waals surface area contributed by atoms with Crippen LogP contribution in [0.2, 0.25) is 0 Å². The van der Waals surface area contributed by atoms with Crippen molar-refractivity contribution >= 4 is 27.6 Å². The fourth-order valence-corrected chi connectivity index (χ4v) is 4.10. The van der Waals surface area contributed by atoms with Crippen LogP contribution in [0.25, 0.3) is 21.5 Å². The first kappa shape index (κ1) is 21.6. The van der Waals surface area contributed by atoms with Crippen molar-refractivity contribution in [2.45, 2.75) is 18.6 Å². The van der Waals surface area contributed by atoms with Gasteiger partial charge in [0.15, 0.2) is 16.4 Å². The van der Waals surface area contributed by atoms with Gasteiger partial charge in [0.2, 0.25) is 0 Å². The Bertz CT molecular complexity index is 1350. The third-order valence-corrected chi connectivity index (χ3v) is 5.77. The number of rotatable bonds is 6. The molecule has 0 fully saturated rings. The maximum atomic E-state index is 12.7. The molecule has 0 spiro atoms. The third-order valence-electron chi connectivity index (χ3n) is 4.71. The highest BCUT2D eigenvalue weighted by Crippen LogP contribution is 2.34. The summed E-state index contributed by atoms with van der Waals surface area (Å²) in [5, 5.41) is 13.0. The maximum Gasteiger partial charge on any atom is 0.417 e. The Kier molecular flexibility index (Phi) is 5.73. The Hall–Kier alpha value is -3.62. The van der Waals surface area contributed by atoms with Crippen molar-refractivity contribution in [3.8, 4) is 16.5 Å². The number of alkyl halides is 3. The molecule has 0 aliphatic rings. The van der Waals surface area contributed by atoms with Gasteiger partial charge >= 0.3 is 11.9 Å². The van der Waals surface area contributed by atoms with Gasteiger partial charge in [0, 0.05) is 12.6 Å². The van der Waals surface area contributed by atoms with Crippen LogP contribution in [-0.2, 0) is 12.6 Å². The third kappa shape index (κ3) is 4.66. The van der Waals surface area contributed by atoms with E-state index in [1.807, 2.05) is 6.07 Å². The van der Waals surface area contributed by atoms with Crippen molar-refractivity contribution in [1.29, 1.82) is 5.26 Å². The molecule has 0 aliphatic carbocycles. The van der Waals surface area contributed by atoms with Crippen LogP contribution < -0.4 is 16.8 Å². The van der Waals surface area contributed by atoms with Crippen LogP contribution in [0.3, 0.4) is 0 Å². The lowest BCUT2D eigenvalue weighted by molar-refractivity contribution is -0.137. The molecule has 0 aliphatic heterocycles. The highest BCUT2D eigenvalue weighted by atomic mass is 32.1. The molecule has 32 heavy (non-hydrogen) atoms. The summed E-state index contributed by atoms with van der Waals surface area (Å²) in [6, 6.07) is 11.6. The highest BCUT2D eigenvalue weighted by Gasteiger charge is 2.30. The van der Waals surface area contributed by atoms with Gasteiger partial charge in [0.05, 0.1) is 16.0 Å². The van der Waals surface area contributed by atoms with Crippen molar-refractivity contribution in [3.05, 3.63) is 69.8 Å². The van der Waals surface area contributed by atoms with Gasteiger partial charge in [0.25, 0.3) is 0 Å². The van der Waals surface area contributed by atoms with Crippen molar-refractivity contribution in [2.24, 2.45) is 5.73 Å². The lowest BCUT2D eigenvalue weighted by Gasteiger charge is -2.13. The molecule has 0 bridgehead atoms. The lowest BCUT2D eigenvalue weighted by Crippen LogP contribution is -2.31. The molecule has 2 heterocycles. The van der Waals surface area contributed by atoms with Gasteiger partial charge in [-0.3, -0.25) is 4.98 Å². The SMILES string of the molecule is N#Cc1nc(NC[C@@H](N)Cc2ccc(C(F)(F)F)cc2)sc1-c1ccc2[nH]c(=O)oc2c1. The summed E-state index contributed by atoms with van der Waals surface area (Å²) in [6.45, 7) is 0.310. The Balaban J connectivity index is 1.44. The second-order valence-corrected chi connectivity index (χ2v) is 8.07. The molecule has 4 rings (SSSR count). The Labute approximate surface area is 183 Å². The largest absolute Gasteiger partial charge is 0.417 e. The summed E-state index contributed by atoms with van der Waals surface area (Å²) in [4.78, 5) is 18.8. The average molecular weight is 459 g/mol. The minimum atomic E-state index is -4.37.